The standard InChI is InChI=1S/C18H20N4O3S/c1-2-12-19-18(23)15-8-10-16(11-9-15)26(24,25)22-13-20-17(21-22)14-6-4-3-5-7-14/h1,8-11,13-14H,3-7,12H2,(H,19,23). The molecule has 0 spiro atoms. The van der Waals surface area contributed by atoms with Crippen LogP contribution in [0.1, 0.15) is 54.2 Å². The molecule has 26 heavy (non-hydrogen) atoms. The zero-order chi connectivity index (χ0) is 18.6. The van der Waals surface area contributed by atoms with Crippen LogP contribution in [-0.2, 0) is 10.0 Å². The maximum absolute atomic E-state index is 12.7. The molecule has 1 aliphatic carbocycles. The Hall–Kier alpha value is -2.66. The van der Waals surface area contributed by atoms with Gasteiger partial charge in [0.15, 0.2) is 5.82 Å². The number of hydrogen-bond donors (Lipinski definition) is 1. The summed E-state index contributed by atoms with van der Waals surface area (Å²) < 4.78 is 26.3. The van der Waals surface area contributed by atoms with E-state index in [4.69, 9.17) is 6.42 Å². The average Bonchev–Trinajstić information content (AvgIpc) is 3.18. The second kappa shape index (κ2) is 7.70. The van der Waals surface area contributed by atoms with Crippen LogP contribution in [0, 0.1) is 12.3 Å². The number of benzene rings is 1. The van der Waals surface area contributed by atoms with E-state index in [9.17, 15) is 13.2 Å². The topological polar surface area (TPSA) is 94.0 Å². The van der Waals surface area contributed by atoms with Crippen LogP contribution in [-0.4, -0.2) is 35.0 Å². The van der Waals surface area contributed by atoms with Gasteiger partial charge in [-0.15, -0.1) is 15.6 Å². The molecular weight excluding hydrogens is 352 g/mol. The number of amides is 1. The highest BCUT2D eigenvalue weighted by Crippen LogP contribution is 2.30. The summed E-state index contributed by atoms with van der Waals surface area (Å²) in [5.74, 6) is 2.76. The minimum atomic E-state index is -3.84. The van der Waals surface area contributed by atoms with E-state index in [0.29, 0.717) is 11.4 Å². The third kappa shape index (κ3) is 3.78. The van der Waals surface area contributed by atoms with Crippen LogP contribution in [0.25, 0.3) is 0 Å². The predicted molar refractivity (Wildman–Crippen MR) is 96.0 cm³/mol. The Balaban J connectivity index is 1.79. The van der Waals surface area contributed by atoms with Crippen LogP contribution >= 0.6 is 0 Å². The third-order valence-electron chi connectivity index (χ3n) is 4.47. The zero-order valence-electron chi connectivity index (χ0n) is 14.3. The first-order valence-corrected chi connectivity index (χ1v) is 9.95. The molecule has 0 unspecified atom stereocenters. The highest BCUT2D eigenvalue weighted by molar-refractivity contribution is 7.89. The Morgan fingerprint density at radius 1 is 1.23 bits per heavy atom. The van der Waals surface area contributed by atoms with Gasteiger partial charge in [-0.3, -0.25) is 4.79 Å². The maximum Gasteiger partial charge on any atom is 0.284 e. The van der Waals surface area contributed by atoms with E-state index in [0.717, 1.165) is 29.8 Å². The number of aromatic nitrogens is 3. The van der Waals surface area contributed by atoms with Crippen molar-refractivity contribution in [1.29, 1.82) is 0 Å². The molecule has 1 aromatic carbocycles. The second-order valence-corrected chi connectivity index (χ2v) is 8.02. The summed E-state index contributed by atoms with van der Waals surface area (Å²) in [4.78, 5) is 16.1. The summed E-state index contributed by atoms with van der Waals surface area (Å²) in [5.41, 5.74) is 0.334. The quantitative estimate of drug-likeness (QED) is 0.810. The SMILES string of the molecule is C#CCNC(=O)c1ccc(S(=O)(=O)n2cnc(C3CCCCC3)n2)cc1. The fourth-order valence-electron chi connectivity index (χ4n) is 3.04. The zero-order valence-corrected chi connectivity index (χ0v) is 15.1. The molecule has 0 radical (unpaired) electrons. The average molecular weight is 372 g/mol. The van der Waals surface area contributed by atoms with E-state index in [1.165, 1.54) is 37.0 Å². The van der Waals surface area contributed by atoms with Crippen molar-refractivity contribution in [3.05, 3.63) is 42.0 Å². The summed E-state index contributed by atoms with van der Waals surface area (Å²) in [6, 6.07) is 5.64. The van der Waals surface area contributed by atoms with Gasteiger partial charge >= 0.3 is 0 Å². The van der Waals surface area contributed by atoms with Crippen LogP contribution in [0.2, 0.25) is 0 Å². The second-order valence-electron chi connectivity index (χ2n) is 6.23. The Morgan fingerprint density at radius 2 is 1.92 bits per heavy atom. The summed E-state index contributed by atoms with van der Waals surface area (Å²) >= 11 is 0. The molecule has 8 heteroatoms. The molecule has 1 fully saturated rings. The van der Waals surface area contributed by atoms with Crippen molar-refractivity contribution in [2.75, 3.05) is 6.54 Å². The first-order chi connectivity index (χ1) is 12.5. The van der Waals surface area contributed by atoms with E-state index in [-0.39, 0.29) is 23.3 Å². The number of terminal acetylenes is 1. The van der Waals surface area contributed by atoms with E-state index in [1.807, 2.05) is 0 Å². The molecule has 0 bridgehead atoms. The van der Waals surface area contributed by atoms with Crippen molar-refractivity contribution < 1.29 is 13.2 Å². The molecule has 0 atom stereocenters. The number of hydrogen-bond acceptors (Lipinski definition) is 5. The van der Waals surface area contributed by atoms with Crippen LogP contribution in [0.15, 0.2) is 35.5 Å². The van der Waals surface area contributed by atoms with E-state index in [2.05, 4.69) is 21.3 Å². The number of nitrogens with one attached hydrogen (secondary N) is 1. The molecule has 1 amide bonds. The Labute approximate surface area is 152 Å². The van der Waals surface area contributed by atoms with E-state index < -0.39 is 10.0 Å². The summed E-state index contributed by atoms with van der Waals surface area (Å²) in [6.07, 6.45) is 11.8. The molecule has 1 saturated carbocycles. The van der Waals surface area contributed by atoms with Gasteiger partial charge in [-0.1, -0.05) is 25.2 Å². The lowest BCUT2D eigenvalue weighted by Crippen LogP contribution is -2.23. The number of nitrogens with zero attached hydrogens (tertiary/aromatic N) is 3. The fourth-order valence-corrected chi connectivity index (χ4v) is 4.10. The number of rotatable bonds is 5. The molecular formula is C18H20N4O3S. The monoisotopic (exact) mass is 372 g/mol. The first kappa shape index (κ1) is 18.1. The maximum atomic E-state index is 12.7. The normalized spacial score (nSPS) is 15.3. The molecule has 136 valence electrons. The van der Waals surface area contributed by atoms with Crippen LogP contribution in [0.4, 0.5) is 0 Å². The van der Waals surface area contributed by atoms with Crippen molar-refractivity contribution in [1.82, 2.24) is 19.5 Å². The Bertz CT molecular complexity index is 920. The van der Waals surface area contributed by atoms with Gasteiger partial charge in [0, 0.05) is 11.5 Å². The lowest BCUT2D eigenvalue weighted by atomic mass is 9.89. The van der Waals surface area contributed by atoms with Gasteiger partial charge in [-0.25, -0.2) is 4.98 Å². The molecule has 0 aliphatic heterocycles. The van der Waals surface area contributed by atoms with E-state index in [1.54, 1.807) is 0 Å². The molecule has 2 aromatic rings. The molecule has 1 aromatic heterocycles. The minimum absolute atomic E-state index is 0.0473. The van der Waals surface area contributed by atoms with Gasteiger partial charge in [0.25, 0.3) is 15.9 Å². The van der Waals surface area contributed by atoms with Crippen LogP contribution in [0.3, 0.4) is 0 Å². The minimum Gasteiger partial charge on any atom is -0.341 e. The van der Waals surface area contributed by atoms with Gasteiger partial charge in [0.05, 0.1) is 11.4 Å². The first-order valence-electron chi connectivity index (χ1n) is 8.51. The molecule has 1 heterocycles. The van der Waals surface area contributed by atoms with Crippen LogP contribution in [0.5, 0.6) is 0 Å². The summed E-state index contributed by atoms with van der Waals surface area (Å²) in [5, 5.41) is 6.72. The third-order valence-corrected chi connectivity index (χ3v) is 6.01. The molecule has 0 saturated heterocycles. The van der Waals surface area contributed by atoms with Crippen molar-refractivity contribution in [3.63, 3.8) is 0 Å². The highest BCUT2D eigenvalue weighted by atomic mass is 32.2. The Kier molecular flexibility index (Phi) is 5.38. The summed E-state index contributed by atoms with van der Waals surface area (Å²) in [7, 11) is -3.84. The summed E-state index contributed by atoms with van der Waals surface area (Å²) in [6.45, 7) is 0.113. The van der Waals surface area contributed by atoms with Gasteiger partial charge < -0.3 is 5.32 Å². The number of carbonyl (C=O) groups excluding carboxylic acids is 1. The highest BCUT2D eigenvalue weighted by Gasteiger charge is 2.24. The van der Waals surface area contributed by atoms with Crippen LogP contribution < -0.4 is 5.32 Å². The largest absolute Gasteiger partial charge is 0.341 e. The van der Waals surface area contributed by atoms with Crippen molar-refractivity contribution >= 4 is 15.9 Å². The van der Waals surface area contributed by atoms with Crippen molar-refractivity contribution in [2.45, 2.75) is 42.9 Å². The van der Waals surface area contributed by atoms with Gasteiger partial charge in [-0.2, -0.15) is 8.42 Å². The number of carbonyl (C=O) groups is 1. The molecule has 7 nitrogen and oxygen atoms in total. The lowest BCUT2D eigenvalue weighted by molar-refractivity contribution is 0.0958. The van der Waals surface area contributed by atoms with Gasteiger partial charge in [0.2, 0.25) is 0 Å². The molecule has 3 rings (SSSR count). The van der Waals surface area contributed by atoms with E-state index >= 15 is 0 Å². The van der Waals surface area contributed by atoms with Gasteiger partial charge in [0.1, 0.15) is 6.33 Å². The molecule has 1 N–H and O–H groups in total. The lowest BCUT2D eigenvalue weighted by Gasteiger charge is -2.18. The Morgan fingerprint density at radius 3 is 2.58 bits per heavy atom. The van der Waals surface area contributed by atoms with Crippen molar-refractivity contribution in [2.24, 2.45) is 0 Å². The predicted octanol–water partition coefficient (Wildman–Crippen LogP) is 1.93. The molecule has 1 aliphatic rings. The van der Waals surface area contributed by atoms with Crippen molar-refractivity contribution in [3.8, 4) is 12.3 Å². The fraction of sp³-hybridized carbons (Fsp3) is 0.389. The smallest absolute Gasteiger partial charge is 0.284 e. The van der Waals surface area contributed by atoms with Gasteiger partial charge in [-0.05, 0) is 37.1 Å².